The van der Waals surface area contributed by atoms with E-state index in [9.17, 15) is 4.79 Å². The van der Waals surface area contributed by atoms with Crippen molar-refractivity contribution in [2.45, 2.75) is 6.92 Å². The number of ketones is 1. The Morgan fingerprint density at radius 2 is 1.39 bits per heavy atom. The normalized spacial score (nSPS) is 12.0. The molecule has 0 N–H and O–H groups in total. The summed E-state index contributed by atoms with van der Waals surface area (Å²) in [7, 11) is 0. The monoisotopic (exact) mass is 381 g/mol. The molecule has 0 amide bonds. The van der Waals surface area contributed by atoms with Gasteiger partial charge in [-0.25, -0.2) is 4.98 Å². The summed E-state index contributed by atoms with van der Waals surface area (Å²) < 4.78 is 0. The minimum atomic E-state index is 0.0383. The Kier molecular flexibility index (Phi) is 3.88. The first-order chi connectivity index (χ1) is 13.6. The number of hydrogen-bond acceptors (Lipinski definition) is 2. The third kappa shape index (κ3) is 2.65. The molecule has 1 aromatic heterocycles. The molecule has 3 aromatic carbocycles. The molecule has 0 saturated heterocycles. The van der Waals surface area contributed by atoms with Gasteiger partial charge in [0, 0.05) is 21.7 Å². The summed E-state index contributed by atoms with van der Waals surface area (Å²) >= 11 is 6.06. The minimum Gasteiger partial charge on any atom is -0.288 e. The van der Waals surface area contributed by atoms with Crippen molar-refractivity contribution in [3.63, 3.8) is 0 Å². The minimum absolute atomic E-state index is 0.0383. The van der Waals surface area contributed by atoms with Gasteiger partial charge in [0.25, 0.3) is 0 Å². The molecule has 0 aliphatic heterocycles. The standard InChI is InChI=1S/C25H16ClNO/c1-15-6-8-16(9-7-15)21-14-22(17-10-12-18(26)13-11-17)27-24-19-4-2-3-5-20(19)25(28)23(21)24/h2-14H,1H3. The predicted molar refractivity (Wildman–Crippen MR) is 114 cm³/mol. The number of fused-ring (bicyclic) bond motifs is 3. The maximum atomic E-state index is 13.2. The van der Waals surface area contributed by atoms with E-state index in [1.807, 2.05) is 54.6 Å². The van der Waals surface area contributed by atoms with E-state index in [1.165, 1.54) is 5.56 Å². The highest BCUT2D eigenvalue weighted by Crippen LogP contribution is 2.42. The molecule has 4 aromatic rings. The lowest BCUT2D eigenvalue weighted by atomic mass is 9.95. The van der Waals surface area contributed by atoms with Crippen LogP contribution in [0.25, 0.3) is 33.6 Å². The maximum absolute atomic E-state index is 13.2. The van der Waals surface area contributed by atoms with Gasteiger partial charge in [0.15, 0.2) is 5.78 Å². The zero-order valence-electron chi connectivity index (χ0n) is 15.2. The van der Waals surface area contributed by atoms with E-state index in [0.717, 1.165) is 33.6 Å². The highest BCUT2D eigenvalue weighted by molar-refractivity contribution is 6.30. The van der Waals surface area contributed by atoms with Gasteiger partial charge in [-0.1, -0.05) is 77.8 Å². The molecule has 1 aliphatic carbocycles. The predicted octanol–water partition coefficient (Wildman–Crippen LogP) is 6.59. The van der Waals surface area contributed by atoms with Crippen LogP contribution in [0.5, 0.6) is 0 Å². The molecular formula is C25H16ClNO. The SMILES string of the molecule is Cc1ccc(-c2cc(-c3ccc(Cl)cc3)nc3c2C(=O)c2ccccc2-3)cc1. The third-order valence-electron chi connectivity index (χ3n) is 5.18. The molecule has 3 heteroatoms. The van der Waals surface area contributed by atoms with Crippen LogP contribution in [0.4, 0.5) is 0 Å². The number of carbonyl (C=O) groups is 1. The fourth-order valence-corrected chi connectivity index (χ4v) is 3.85. The zero-order valence-corrected chi connectivity index (χ0v) is 16.0. The van der Waals surface area contributed by atoms with Crippen molar-refractivity contribution in [1.29, 1.82) is 0 Å². The molecule has 0 fully saturated rings. The fraction of sp³-hybridized carbons (Fsp3) is 0.0400. The maximum Gasteiger partial charge on any atom is 0.196 e. The van der Waals surface area contributed by atoms with Gasteiger partial charge >= 0.3 is 0 Å². The number of hydrogen-bond donors (Lipinski definition) is 0. The third-order valence-corrected chi connectivity index (χ3v) is 5.43. The summed E-state index contributed by atoms with van der Waals surface area (Å²) in [5.41, 5.74) is 7.95. The lowest BCUT2D eigenvalue weighted by Crippen LogP contribution is -2.00. The van der Waals surface area contributed by atoms with E-state index in [-0.39, 0.29) is 5.78 Å². The molecule has 0 saturated carbocycles. The Hall–Kier alpha value is -3.23. The number of carbonyl (C=O) groups excluding carboxylic acids is 1. The second-order valence-electron chi connectivity index (χ2n) is 7.03. The van der Waals surface area contributed by atoms with E-state index in [0.29, 0.717) is 16.1 Å². The van der Waals surface area contributed by atoms with Crippen LogP contribution in [0.15, 0.2) is 78.9 Å². The summed E-state index contributed by atoms with van der Waals surface area (Å²) in [5, 5.41) is 0.684. The van der Waals surface area contributed by atoms with Gasteiger partial charge in [-0.3, -0.25) is 4.79 Å². The summed E-state index contributed by atoms with van der Waals surface area (Å²) in [6.07, 6.45) is 0. The van der Waals surface area contributed by atoms with Crippen LogP contribution in [-0.4, -0.2) is 10.8 Å². The van der Waals surface area contributed by atoms with Crippen LogP contribution in [0.1, 0.15) is 21.5 Å². The molecule has 0 atom stereocenters. The second-order valence-corrected chi connectivity index (χ2v) is 7.46. The molecule has 1 aliphatic rings. The zero-order chi connectivity index (χ0) is 19.3. The van der Waals surface area contributed by atoms with Gasteiger partial charge in [-0.15, -0.1) is 0 Å². The molecule has 1 heterocycles. The van der Waals surface area contributed by atoms with E-state index in [2.05, 4.69) is 31.2 Å². The Morgan fingerprint density at radius 1 is 0.750 bits per heavy atom. The smallest absolute Gasteiger partial charge is 0.196 e. The molecule has 134 valence electrons. The number of aryl methyl sites for hydroxylation is 1. The molecule has 28 heavy (non-hydrogen) atoms. The van der Waals surface area contributed by atoms with Crippen molar-refractivity contribution in [3.8, 4) is 33.6 Å². The summed E-state index contributed by atoms with van der Waals surface area (Å²) in [6, 6.07) is 25.6. The van der Waals surface area contributed by atoms with E-state index >= 15 is 0 Å². The topological polar surface area (TPSA) is 30.0 Å². The number of benzene rings is 3. The summed E-state index contributed by atoms with van der Waals surface area (Å²) in [4.78, 5) is 18.1. The van der Waals surface area contributed by atoms with Crippen LogP contribution >= 0.6 is 11.6 Å². The molecule has 5 rings (SSSR count). The quantitative estimate of drug-likeness (QED) is 0.345. The number of pyridine rings is 1. The average molecular weight is 382 g/mol. The molecule has 0 unspecified atom stereocenters. The van der Waals surface area contributed by atoms with Crippen LogP contribution in [-0.2, 0) is 0 Å². The average Bonchev–Trinajstić information content (AvgIpc) is 3.01. The van der Waals surface area contributed by atoms with Gasteiger partial charge in [0.05, 0.1) is 17.0 Å². The van der Waals surface area contributed by atoms with Gasteiger partial charge in [-0.05, 0) is 36.2 Å². The van der Waals surface area contributed by atoms with Gasteiger partial charge < -0.3 is 0 Å². The Bertz CT molecular complexity index is 1220. The van der Waals surface area contributed by atoms with Crippen LogP contribution < -0.4 is 0 Å². The molecule has 0 spiro atoms. The van der Waals surface area contributed by atoms with Gasteiger partial charge in [0.1, 0.15) is 0 Å². The van der Waals surface area contributed by atoms with Crippen molar-refractivity contribution in [1.82, 2.24) is 4.98 Å². The van der Waals surface area contributed by atoms with Crippen LogP contribution in [0.3, 0.4) is 0 Å². The summed E-state index contributed by atoms with van der Waals surface area (Å²) in [6.45, 7) is 2.06. The first-order valence-corrected chi connectivity index (χ1v) is 9.52. The lowest BCUT2D eigenvalue weighted by Gasteiger charge is -2.12. The van der Waals surface area contributed by atoms with Crippen LogP contribution in [0.2, 0.25) is 5.02 Å². The fourth-order valence-electron chi connectivity index (χ4n) is 3.72. The van der Waals surface area contributed by atoms with Crippen molar-refractivity contribution in [2.75, 3.05) is 0 Å². The van der Waals surface area contributed by atoms with E-state index < -0.39 is 0 Å². The Balaban J connectivity index is 1.81. The van der Waals surface area contributed by atoms with Crippen molar-refractivity contribution in [2.24, 2.45) is 0 Å². The number of nitrogens with zero attached hydrogens (tertiary/aromatic N) is 1. The van der Waals surface area contributed by atoms with E-state index in [1.54, 1.807) is 0 Å². The van der Waals surface area contributed by atoms with Crippen molar-refractivity contribution < 1.29 is 4.79 Å². The second kappa shape index (κ2) is 6.43. The number of aromatic nitrogens is 1. The Morgan fingerprint density at radius 3 is 2.11 bits per heavy atom. The summed E-state index contributed by atoms with van der Waals surface area (Å²) in [5.74, 6) is 0.0383. The van der Waals surface area contributed by atoms with E-state index in [4.69, 9.17) is 16.6 Å². The lowest BCUT2D eigenvalue weighted by molar-refractivity contribution is 0.104. The van der Waals surface area contributed by atoms with Gasteiger partial charge in [0.2, 0.25) is 0 Å². The highest BCUT2D eigenvalue weighted by Gasteiger charge is 2.31. The highest BCUT2D eigenvalue weighted by atomic mass is 35.5. The number of rotatable bonds is 2. The largest absolute Gasteiger partial charge is 0.288 e. The molecule has 0 radical (unpaired) electrons. The molecule has 0 bridgehead atoms. The Labute approximate surface area is 168 Å². The molecular weight excluding hydrogens is 366 g/mol. The molecule has 2 nitrogen and oxygen atoms in total. The van der Waals surface area contributed by atoms with Crippen molar-refractivity contribution >= 4 is 17.4 Å². The first-order valence-electron chi connectivity index (χ1n) is 9.14. The van der Waals surface area contributed by atoms with Crippen LogP contribution in [0, 0.1) is 6.92 Å². The van der Waals surface area contributed by atoms with Gasteiger partial charge in [-0.2, -0.15) is 0 Å². The first kappa shape index (κ1) is 16.9. The van der Waals surface area contributed by atoms with Crippen molar-refractivity contribution in [3.05, 3.63) is 101 Å². The number of halogens is 1.